The average Bonchev–Trinajstić information content (AvgIpc) is 1.87. The lowest BCUT2D eigenvalue weighted by Crippen LogP contribution is -2.02. The molecule has 0 aliphatic heterocycles. The average molecular weight is 146 g/mol. The van der Waals surface area contributed by atoms with E-state index in [0.29, 0.717) is 16.1 Å². The van der Waals surface area contributed by atoms with Gasteiger partial charge < -0.3 is 9.16 Å². The Balaban J connectivity index is 3.86. The first-order chi connectivity index (χ1) is 4.22. The lowest BCUT2D eigenvalue weighted by Gasteiger charge is -1.96. The third-order valence-corrected chi connectivity index (χ3v) is 1.17. The van der Waals surface area contributed by atoms with Crippen molar-refractivity contribution in [1.82, 2.24) is 0 Å². The second-order valence-electron chi connectivity index (χ2n) is 1.53. The molecule has 0 fully saturated rings. The van der Waals surface area contributed by atoms with Crippen LogP contribution in [0.15, 0.2) is 11.8 Å². The Morgan fingerprint density at radius 3 is 2.56 bits per heavy atom. The van der Waals surface area contributed by atoms with Gasteiger partial charge in [-0.1, -0.05) is 0 Å². The van der Waals surface area contributed by atoms with Gasteiger partial charge in [0.25, 0.3) is 0 Å². The molecule has 0 atom stereocenters. The van der Waals surface area contributed by atoms with Crippen molar-refractivity contribution in [1.29, 1.82) is 0 Å². The SMILES string of the molecule is COC=C(C)C(=O)O[SiH3]. The summed E-state index contributed by atoms with van der Waals surface area (Å²) in [5.74, 6) is -0.302. The zero-order valence-corrected chi connectivity index (χ0v) is 7.80. The molecule has 0 aliphatic rings. The van der Waals surface area contributed by atoms with E-state index in [-0.39, 0.29) is 5.97 Å². The number of carbonyl (C=O) groups is 1. The van der Waals surface area contributed by atoms with Gasteiger partial charge in [-0.25, -0.2) is 4.79 Å². The molecular weight excluding hydrogens is 136 g/mol. The maximum Gasteiger partial charge on any atom is 0.322 e. The van der Waals surface area contributed by atoms with E-state index in [1.54, 1.807) is 6.92 Å². The van der Waals surface area contributed by atoms with Crippen LogP contribution in [0.2, 0.25) is 0 Å². The van der Waals surface area contributed by atoms with E-state index in [9.17, 15) is 4.79 Å². The highest BCUT2D eigenvalue weighted by molar-refractivity contribution is 6.08. The fourth-order valence-corrected chi connectivity index (χ4v) is 0.708. The lowest BCUT2D eigenvalue weighted by atomic mass is 10.4. The van der Waals surface area contributed by atoms with Crippen molar-refractivity contribution in [2.45, 2.75) is 6.92 Å². The first kappa shape index (κ1) is 8.23. The molecule has 0 saturated heterocycles. The van der Waals surface area contributed by atoms with Gasteiger partial charge in [0.05, 0.1) is 18.9 Å². The molecule has 0 N–H and O–H groups in total. The Labute approximate surface area is 57.2 Å². The van der Waals surface area contributed by atoms with Crippen LogP contribution in [0.4, 0.5) is 0 Å². The van der Waals surface area contributed by atoms with Crippen molar-refractivity contribution in [2.24, 2.45) is 0 Å². The Morgan fingerprint density at radius 1 is 1.67 bits per heavy atom. The molecule has 3 nitrogen and oxygen atoms in total. The summed E-state index contributed by atoms with van der Waals surface area (Å²) in [5, 5.41) is 0. The van der Waals surface area contributed by atoms with Gasteiger partial charge >= 0.3 is 5.97 Å². The highest BCUT2D eigenvalue weighted by Crippen LogP contribution is 1.93. The minimum absolute atomic E-state index is 0.302. The van der Waals surface area contributed by atoms with Crippen LogP contribution in [0.3, 0.4) is 0 Å². The summed E-state index contributed by atoms with van der Waals surface area (Å²) in [4.78, 5) is 10.6. The topological polar surface area (TPSA) is 35.5 Å². The number of carbonyl (C=O) groups excluding carboxylic acids is 1. The lowest BCUT2D eigenvalue weighted by molar-refractivity contribution is -0.129. The van der Waals surface area contributed by atoms with E-state index >= 15 is 0 Å². The summed E-state index contributed by atoms with van der Waals surface area (Å²) in [6, 6.07) is 0. The van der Waals surface area contributed by atoms with E-state index in [2.05, 4.69) is 9.16 Å². The third-order valence-electron chi connectivity index (χ3n) is 0.802. The second kappa shape index (κ2) is 4.14. The number of hydrogen-bond acceptors (Lipinski definition) is 3. The van der Waals surface area contributed by atoms with Gasteiger partial charge in [-0.2, -0.15) is 0 Å². The standard InChI is InChI=1S/C5H10O3Si/c1-4(3-7-2)5(6)8-9/h3H,1-2,9H3. The number of ether oxygens (including phenoxy) is 1. The number of methoxy groups -OCH3 is 1. The molecule has 0 bridgehead atoms. The van der Waals surface area contributed by atoms with Gasteiger partial charge in [-0.15, -0.1) is 0 Å². The van der Waals surface area contributed by atoms with Gasteiger partial charge in [0.1, 0.15) is 0 Å². The predicted molar refractivity (Wildman–Crippen MR) is 36.8 cm³/mol. The van der Waals surface area contributed by atoms with Gasteiger partial charge in [0, 0.05) is 0 Å². The van der Waals surface area contributed by atoms with Crippen LogP contribution in [0, 0.1) is 0 Å². The normalized spacial score (nSPS) is 11.1. The van der Waals surface area contributed by atoms with Gasteiger partial charge in [-0.3, -0.25) is 0 Å². The van der Waals surface area contributed by atoms with E-state index in [1.165, 1.54) is 13.4 Å². The minimum Gasteiger partial charge on any atom is -0.525 e. The highest BCUT2D eigenvalue weighted by atomic mass is 28.2. The van der Waals surface area contributed by atoms with E-state index < -0.39 is 0 Å². The van der Waals surface area contributed by atoms with Crippen LogP contribution in [0.25, 0.3) is 0 Å². The number of rotatable bonds is 2. The molecule has 4 heteroatoms. The molecule has 52 valence electrons. The summed E-state index contributed by atoms with van der Waals surface area (Å²) < 4.78 is 9.10. The molecule has 0 radical (unpaired) electrons. The zero-order valence-electron chi connectivity index (χ0n) is 5.80. The monoisotopic (exact) mass is 146 g/mol. The van der Waals surface area contributed by atoms with Crippen LogP contribution in [0.5, 0.6) is 0 Å². The fourth-order valence-electron chi connectivity index (χ4n) is 0.386. The van der Waals surface area contributed by atoms with Crippen molar-refractivity contribution in [3.63, 3.8) is 0 Å². The molecule has 9 heavy (non-hydrogen) atoms. The van der Waals surface area contributed by atoms with Crippen molar-refractivity contribution < 1.29 is 14.0 Å². The van der Waals surface area contributed by atoms with Crippen LogP contribution in [-0.4, -0.2) is 23.6 Å². The van der Waals surface area contributed by atoms with Crippen LogP contribution >= 0.6 is 0 Å². The Kier molecular flexibility index (Phi) is 3.78. The summed E-state index contributed by atoms with van der Waals surface area (Å²) >= 11 is 0. The first-order valence-electron chi connectivity index (χ1n) is 2.50. The molecule has 0 aromatic rings. The van der Waals surface area contributed by atoms with E-state index in [0.717, 1.165) is 0 Å². The molecule has 0 spiro atoms. The molecule has 0 amide bonds. The summed E-state index contributed by atoms with van der Waals surface area (Å²) in [6.07, 6.45) is 1.36. The third kappa shape index (κ3) is 2.92. The van der Waals surface area contributed by atoms with Crippen molar-refractivity contribution >= 4 is 16.5 Å². The molecule has 0 heterocycles. The Hall–Kier alpha value is -0.773. The minimum atomic E-state index is -0.302. The molecule has 0 unspecified atom stereocenters. The maximum absolute atomic E-state index is 10.6. The van der Waals surface area contributed by atoms with Crippen molar-refractivity contribution in [3.05, 3.63) is 11.8 Å². The Bertz CT molecular complexity index is 130. The van der Waals surface area contributed by atoms with Gasteiger partial charge in [-0.05, 0) is 6.92 Å². The van der Waals surface area contributed by atoms with Crippen molar-refractivity contribution in [2.75, 3.05) is 7.11 Å². The molecule has 0 saturated carbocycles. The van der Waals surface area contributed by atoms with E-state index in [4.69, 9.17) is 0 Å². The summed E-state index contributed by atoms with van der Waals surface area (Å²) in [7, 11) is 1.92. The molecule has 0 rings (SSSR count). The fraction of sp³-hybridized carbons (Fsp3) is 0.400. The molecular formula is C5H10O3Si. The molecule has 0 aliphatic carbocycles. The zero-order chi connectivity index (χ0) is 7.28. The van der Waals surface area contributed by atoms with Crippen LogP contribution in [0.1, 0.15) is 6.92 Å². The Morgan fingerprint density at radius 2 is 2.22 bits per heavy atom. The summed E-state index contributed by atoms with van der Waals surface area (Å²) in [5.41, 5.74) is 0.493. The molecule has 0 aromatic carbocycles. The second-order valence-corrected chi connectivity index (χ2v) is 1.94. The number of hydrogen-bond donors (Lipinski definition) is 0. The maximum atomic E-state index is 10.6. The summed E-state index contributed by atoms with van der Waals surface area (Å²) in [6.45, 7) is 1.64. The smallest absolute Gasteiger partial charge is 0.322 e. The van der Waals surface area contributed by atoms with Crippen LogP contribution < -0.4 is 0 Å². The molecule has 0 aromatic heterocycles. The van der Waals surface area contributed by atoms with Gasteiger partial charge in [0.15, 0.2) is 0 Å². The van der Waals surface area contributed by atoms with Gasteiger partial charge in [0.2, 0.25) is 10.5 Å². The largest absolute Gasteiger partial charge is 0.525 e. The predicted octanol–water partition coefficient (Wildman–Crippen LogP) is -0.640. The van der Waals surface area contributed by atoms with E-state index in [1.807, 2.05) is 0 Å². The highest BCUT2D eigenvalue weighted by Gasteiger charge is 1.99. The first-order valence-corrected chi connectivity index (χ1v) is 3.32. The van der Waals surface area contributed by atoms with Crippen molar-refractivity contribution in [3.8, 4) is 0 Å². The quantitative estimate of drug-likeness (QED) is 0.295. The van der Waals surface area contributed by atoms with Crippen LogP contribution in [-0.2, 0) is 14.0 Å².